The van der Waals surface area contributed by atoms with Gasteiger partial charge in [0, 0.05) is 17.0 Å². The first-order valence-corrected chi connectivity index (χ1v) is 6.31. The number of rotatable bonds is 3. The van der Waals surface area contributed by atoms with Gasteiger partial charge in [0.1, 0.15) is 0 Å². The van der Waals surface area contributed by atoms with Crippen LogP contribution in [0, 0.1) is 0 Å². The zero-order valence-electron chi connectivity index (χ0n) is 10.2. The number of anilines is 1. The Labute approximate surface area is 105 Å². The molecule has 0 bridgehead atoms. The summed E-state index contributed by atoms with van der Waals surface area (Å²) in [6.45, 7) is 3.04. The van der Waals surface area contributed by atoms with Crippen LogP contribution in [0.25, 0.3) is 0 Å². The van der Waals surface area contributed by atoms with Crippen LogP contribution < -0.4 is 14.8 Å². The minimum Gasteiger partial charge on any atom is -0.493 e. The van der Waals surface area contributed by atoms with Crippen molar-refractivity contribution in [2.24, 2.45) is 4.99 Å². The standard InChI is InChI=1S/C12H16N2O2S/c1-8-7-13-12(17-8)14-9-4-5-10(15-2)11(6-9)16-3/h4-6,8H,7H2,1-3H3,(H,13,14). The summed E-state index contributed by atoms with van der Waals surface area (Å²) in [6.07, 6.45) is 0. The number of hydrogen-bond acceptors (Lipinski definition) is 5. The predicted molar refractivity (Wildman–Crippen MR) is 72.5 cm³/mol. The van der Waals surface area contributed by atoms with Gasteiger partial charge in [-0.3, -0.25) is 4.99 Å². The molecule has 4 nitrogen and oxygen atoms in total. The van der Waals surface area contributed by atoms with Gasteiger partial charge in [0.05, 0.1) is 20.8 Å². The molecular formula is C12H16N2O2S. The number of benzene rings is 1. The molecule has 0 radical (unpaired) electrons. The Morgan fingerprint density at radius 3 is 2.65 bits per heavy atom. The Balaban J connectivity index is 2.11. The molecule has 0 spiro atoms. The first-order valence-electron chi connectivity index (χ1n) is 5.43. The molecule has 0 aromatic heterocycles. The van der Waals surface area contributed by atoms with Crippen molar-refractivity contribution in [3.63, 3.8) is 0 Å². The molecule has 5 heteroatoms. The molecular weight excluding hydrogens is 236 g/mol. The SMILES string of the molecule is COc1ccc(NC2=NCC(C)S2)cc1OC. The molecule has 1 aliphatic heterocycles. The number of nitrogens with zero attached hydrogens (tertiary/aromatic N) is 1. The third kappa shape index (κ3) is 2.85. The summed E-state index contributed by atoms with van der Waals surface area (Å²) in [6, 6.07) is 5.74. The molecule has 1 N–H and O–H groups in total. The zero-order chi connectivity index (χ0) is 12.3. The molecule has 1 aromatic rings. The minimum absolute atomic E-state index is 0.553. The summed E-state index contributed by atoms with van der Waals surface area (Å²) in [5, 5.41) is 4.79. The molecule has 1 atom stereocenters. The molecule has 1 unspecified atom stereocenters. The van der Waals surface area contributed by atoms with Gasteiger partial charge in [0.2, 0.25) is 0 Å². The average Bonchev–Trinajstić information content (AvgIpc) is 2.74. The quantitative estimate of drug-likeness (QED) is 0.898. The topological polar surface area (TPSA) is 42.8 Å². The van der Waals surface area contributed by atoms with Crippen molar-refractivity contribution in [1.29, 1.82) is 0 Å². The van der Waals surface area contributed by atoms with E-state index < -0.39 is 0 Å². The van der Waals surface area contributed by atoms with Gasteiger partial charge < -0.3 is 14.8 Å². The van der Waals surface area contributed by atoms with E-state index in [2.05, 4.69) is 17.2 Å². The van der Waals surface area contributed by atoms with E-state index in [4.69, 9.17) is 9.47 Å². The lowest BCUT2D eigenvalue weighted by Crippen LogP contribution is -2.06. The van der Waals surface area contributed by atoms with Gasteiger partial charge in [-0.25, -0.2) is 0 Å². The Morgan fingerprint density at radius 1 is 1.29 bits per heavy atom. The van der Waals surface area contributed by atoms with Crippen LogP contribution in [0.5, 0.6) is 11.5 Å². The molecule has 0 saturated carbocycles. The summed E-state index contributed by atoms with van der Waals surface area (Å²) >= 11 is 1.75. The Bertz CT molecular complexity index is 435. The summed E-state index contributed by atoms with van der Waals surface area (Å²) in [5.41, 5.74) is 0.961. The molecule has 1 heterocycles. The van der Waals surface area contributed by atoms with E-state index in [9.17, 15) is 0 Å². The van der Waals surface area contributed by atoms with Crippen LogP contribution >= 0.6 is 11.8 Å². The van der Waals surface area contributed by atoms with Crippen LogP contribution in [0.4, 0.5) is 5.69 Å². The predicted octanol–water partition coefficient (Wildman–Crippen LogP) is 2.61. The number of thioether (sulfide) groups is 1. The number of aliphatic imine (C=N–C) groups is 1. The fraction of sp³-hybridized carbons (Fsp3) is 0.417. The number of methoxy groups -OCH3 is 2. The van der Waals surface area contributed by atoms with Crippen molar-refractivity contribution >= 4 is 22.6 Å². The van der Waals surface area contributed by atoms with E-state index in [1.165, 1.54) is 0 Å². The van der Waals surface area contributed by atoms with Crippen LogP contribution in [0.1, 0.15) is 6.92 Å². The van der Waals surface area contributed by atoms with Crippen LogP contribution in [0.3, 0.4) is 0 Å². The first-order chi connectivity index (χ1) is 8.22. The van der Waals surface area contributed by atoms with E-state index in [1.807, 2.05) is 18.2 Å². The van der Waals surface area contributed by atoms with Gasteiger partial charge in [-0.2, -0.15) is 0 Å². The Kier molecular flexibility index (Phi) is 3.78. The molecule has 0 saturated heterocycles. The van der Waals surface area contributed by atoms with Crippen molar-refractivity contribution < 1.29 is 9.47 Å². The second kappa shape index (κ2) is 5.31. The largest absolute Gasteiger partial charge is 0.493 e. The third-order valence-electron chi connectivity index (χ3n) is 2.44. The number of nitrogens with one attached hydrogen (secondary N) is 1. The van der Waals surface area contributed by atoms with E-state index in [-0.39, 0.29) is 0 Å². The summed E-state index contributed by atoms with van der Waals surface area (Å²) in [7, 11) is 3.26. The second-order valence-electron chi connectivity index (χ2n) is 3.77. The Hall–Kier alpha value is -1.36. The number of hydrogen-bond donors (Lipinski definition) is 1. The fourth-order valence-electron chi connectivity index (χ4n) is 1.58. The number of ether oxygens (including phenoxy) is 2. The number of amidine groups is 1. The molecule has 0 amide bonds. The van der Waals surface area contributed by atoms with Crippen molar-refractivity contribution in [2.75, 3.05) is 26.1 Å². The molecule has 0 aliphatic carbocycles. The van der Waals surface area contributed by atoms with Crippen LogP contribution in [-0.2, 0) is 0 Å². The van der Waals surface area contributed by atoms with Crippen LogP contribution in [0.2, 0.25) is 0 Å². The fourth-order valence-corrected chi connectivity index (χ4v) is 2.44. The van der Waals surface area contributed by atoms with Gasteiger partial charge in [0.15, 0.2) is 16.7 Å². The van der Waals surface area contributed by atoms with Gasteiger partial charge in [-0.15, -0.1) is 0 Å². The van der Waals surface area contributed by atoms with Crippen molar-refractivity contribution in [2.45, 2.75) is 12.2 Å². The normalized spacial score (nSPS) is 18.8. The summed E-state index contributed by atoms with van der Waals surface area (Å²) in [5.74, 6) is 1.45. The lowest BCUT2D eigenvalue weighted by atomic mass is 10.3. The molecule has 0 fully saturated rings. The zero-order valence-corrected chi connectivity index (χ0v) is 11.0. The lowest BCUT2D eigenvalue weighted by Gasteiger charge is -2.11. The minimum atomic E-state index is 0.553. The van der Waals surface area contributed by atoms with Gasteiger partial charge in [-0.1, -0.05) is 18.7 Å². The van der Waals surface area contributed by atoms with Gasteiger partial charge in [0.25, 0.3) is 0 Å². The maximum Gasteiger partial charge on any atom is 0.162 e. The molecule has 92 valence electrons. The molecule has 17 heavy (non-hydrogen) atoms. The van der Waals surface area contributed by atoms with E-state index in [1.54, 1.807) is 26.0 Å². The first kappa shape index (κ1) is 12.1. The molecule has 2 rings (SSSR count). The Morgan fingerprint density at radius 2 is 2.06 bits per heavy atom. The molecule has 1 aromatic carbocycles. The second-order valence-corrected chi connectivity index (χ2v) is 5.20. The maximum atomic E-state index is 5.25. The summed E-state index contributed by atoms with van der Waals surface area (Å²) in [4.78, 5) is 4.41. The highest BCUT2D eigenvalue weighted by molar-refractivity contribution is 8.15. The van der Waals surface area contributed by atoms with Crippen molar-refractivity contribution in [1.82, 2.24) is 0 Å². The van der Waals surface area contributed by atoms with Crippen LogP contribution in [-0.4, -0.2) is 31.2 Å². The highest BCUT2D eigenvalue weighted by atomic mass is 32.2. The maximum absolute atomic E-state index is 5.25. The summed E-state index contributed by atoms with van der Waals surface area (Å²) < 4.78 is 10.4. The lowest BCUT2D eigenvalue weighted by molar-refractivity contribution is 0.355. The van der Waals surface area contributed by atoms with Gasteiger partial charge in [-0.05, 0) is 12.1 Å². The van der Waals surface area contributed by atoms with E-state index in [0.717, 1.165) is 23.1 Å². The van der Waals surface area contributed by atoms with Crippen molar-refractivity contribution in [3.05, 3.63) is 18.2 Å². The monoisotopic (exact) mass is 252 g/mol. The van der Waals surface area contributed by atoms with Crippen LogP contribution in [0.15, 0.2) is 23.2 Å². The van der Waals surface area contributed by atoms with E-state index in [0.29, 0.717) is 11.0 Å². The highest BCUT2D eigenvalue weighted by Gasteiger charge is 2.15. The third-order valence-corrected chi connectivity index (χ3v) is 3.45. The van der Waals surface area contributed by atoms with Gasteiger partial charge >= 0.3 is 0 Å². The average molecular weight is 252 g/mol. The smallest absolute Gasteiger partial charge is 0.162 e. The molecule has 1 aliphatic rings. The highest BCUT2D eigenvalue weighted by Crippen LogP contribution is 2.31. The van der Waals surface area contributed by atoms with E-state index >= 15 is 0 Å². The van der Waals surface area contributed by atoms with Crippen molar-refractivity contribution in [3.8, 4) is 11.5 Å².